The van der Waals surface area contributed by atoms with E-state index >= 15 is 0 Å². The van der Waals surface area contributed by atoms with Crippen LogP contribution in [-0.4, -0.2) is 44.2 Å². The first-order chi connectivity index (χ1) is 18.9. The molecule has 5 rings (SSSR count). The van der Waals surface area contributed by atoms with E-state index in [2.05, 4.69) is 14.8 Å². The zero-order chi connectivity index (χ0) is 28.7. The van der Waals surface area contributed by atoms with E-state index in [0.29, 0.717) is 29.7 Å². The van der Waals surface area contributed by atoms with Gasteiger partial charge in [0.15, 0.2) is 0 Å². The molecule has 3 aromatic carbocycles. The molecule has 2 N–H and O–H groups in total. The number of aromatic nitrogens is 4. The first-order valence-corrected chi connectivity index (χ1v) is 14.4. The minimum absolute atomic E-state index is 0.133. The monoisotopic (exact) mass is 565 g/mol. The lowest BCUT2D eigenvalue weighted by Gasteiger charge is -2.16. The molecule has 2 heterocycles. The van der Waals surface area contributed by atoms with Crippen molar-refractivity contribution in [3.8, 4) is 27.9 Å². The molecule has 2 aromatic heterocycles. The molecule has 0 aliphatic rings. The SMILES string of the molecule is CCS(=O)(=O)Nc1cc(-c2ccc(F)cc2F)cc(-n2cnc3cc(-c4cnn(CCC(C)(C)O)c4)ccc32)c1. The summed E-state index contributed by atoms with van der Waals surface area (Å²) < 4.78 is 59.0. The van der Waals surface area contributed by atoms with Gasteiger partial charge >= 0.3 is 0 Å². The molecule has 0 atom stereocenters. The Hall–Kier alpha value is -4.09. The van der Waals surface area contributed by atoms with Crippen molar-refractivity contribution in [1.29, 1.82) is 0 Å². The van der Waals surface area contributed by atoms with Crippen LogP contribution in [0, 0.1) is 11.6 Å². The molecule has 0 unspecified atom stereocenters. The van der Waals surface area contributed by atoms with E-state index in [4.69, 9.17) is 0 Å². The van der Waals surface area contributed by atoms with Crippen LogP contribution in [0.25, 0.3) is 39.0 Å². The summed E-state index contributed by atoms with van der Waals surface area (Å²) in [5.41, 5.74) is 3.76. The van der Waals surface area contributed by atoms with Gasteiger partial charge < -0.3 is 5.11 Å². The zero-order valence-corrected chi connectivity index (χ0v) is 23.1. The number of halogens is 2. The molecule has 0 aliphatic heterocycles. The summed E-state index contributed by atoms with van der Waals surface area (Å²) in [6.07, 6.45) is 5.85. The predicted molar refractivity (Wildman–Crippen MR) is 152 cm³/mol. The summed E-state index contributed by atoms with van der Waals surface area (Å²) in [6, 6.07) is 13.9. The number of aliphatic hydroxyl groups is 1. The Morgan fingerprint density at radius 3 is 2.52 bits per heavy atom. The molecule has 8 nitrogen and oxygen atoms in total. The quantitative estimate of drug-likeness (QED) is 0.237. The highest BCUT2D eigenvalue weighted by Crippen LogP contribution is 2.32. The van der Waals surface area contributed by atoms with Gasteiger partial charge in [-0.25, -0.2) is 22.2 Å². The number of hydrogen-bond acceptors (Lipinski definition) is 5. The second-order valence-corrected chi connectivity index (χ2v) is 12.3. The fraction of sp³-hybridized carbons (Fsp3) is 0.241. The Morgan fingerprint density at radius 2 is 1.80 bits per heavy atom. The second kappa shape index (κ2) is 10.5. The highest BCUT2D eigenvalue weighted by atomic mass is 32.2. The highest BCUT2D eigenvalue weighted by molar-refractivity contribution is 7.92. The van der Waals surface area contributed by atoms with E-state index in [0.717, 1.165) is 28.8 Å². The number of imidazole rings is 1. The van der Waals surface area contributed by atoms with Crippen molar-refractivity contribution >= 4 is 26.7 Å². The third kappa shape index (κ3) is 6.05. The zero-order valence-electron chi connectivity index (χ0n) is 22.3. The Bertz CT molecular complexity index is 1810. The fourth-order valence-electron chi connectivity index (χ4n) is 4.36. The van der Waals surface area contributed by atoms with Crippen molar-refractivity contribution in [2.75, 3.05) is 10.5 Å². The van der Waals surface area contributed by atoms with E-state index in [-0.39, 0.29) is 17.0 Å². The van der Waals surface area contributed by atoms with Crippen LogP contribution >= 0.6 is 0 Å². The lowest BCUT2D eigenvalue weighted by atomic mass is 10.0. The van der Waals surface area contributed by atoms with Crippen LogP contribution in [0.5, 0.6) is 0 Å². The summed E-state index contributed by atoms with van der Waals surface area (Å²) in [5.74, 6) is -1.60. The predicted octanol–water partition coefficient (Wildman–Crippen LogP) is 5.76. The third-order valence-electron chi connectivity index (χ3n) is 6.56. The molecule has 40 heavy (non-hydrogen) atoms. The maximum atomic E-state index is 14.7. The number of sulfonamides is 1. The van der Waals surface area contributed by atoms with Gasteiger partial charge in [-0.15, -0.1) is 0 Å². The summed E-state index contributed by atoms with van der Waals surface area (Å²) in [4.78, 5) is 4.55. The van der Waals surface area contributed by atoms with Crippen molar-refractivity contribution < 1.29 is 22.3 Å². The van der Waals surface area contributed by atoms with E-state index < -0.39 is 27.3 Å². The minimum Gasteiger partial charge on any atom is -0.390 e. The van der Waals surface area contributed by atoms with Gasteiger partial charge in [-0.3, -0.25) is 14.0 Å². The van der Waals surface area contributed by atoms with Gasteiger partial charge in [0.05, 0.1) is 34.3 Å². The number of aryl methyl sites for hydroxylation is 1. The van der Waals surface area contributed by atoms with E-state index in [1.807, 2.05) is 24.4 Å². The molecule has 0 aliphatic carbocycles. The van der Waals surface area contributed by atoms with E-state index in [1.54, 1.807) is 47.8 Å². The molecular formula is C29H29F2N5O3S. The number of hydrogen-bond donors (Lipinski definition) is 2. The Balaban J connectivity index is 1.54. The van der Waals surface area contributed by atoms with Gasteiger partial charge in [0, 0.05) is 35.6 Å². The summed E-state index contributed by atoms with van der Waals surface area (Å²) >= 11 is 0. The van der Waals surface area contributed by atoms with Crippen LogP contribution in [-0.2, 0) is 16.6 Å². The molecule has 5 aromatic rings. The van der Waals surface area contributed by atoms with Gasteiger partial charge in [-0.1, -0.05) is 6.07 Å². The molecule has 0 bridgehead atoms. The standard InChI is InChI=1S/C29H29F2N5O3S/c1-4-40(38,39)34-23-11-20(25-7-6-22(30)14-26(25)31)12-24(15-23)36-18-32-27-13-19(5-8-28(27)36)21-16-33-35(17-21)10-9-29(2,3)37/h5-8,11-18,34,37H,4,9-10H2,1-3H3. The third-order valence-corrected chi connectivity index (χ3v) is 7.86. The summed E-state index contributed by atoms with van der Waals surface area (Å²) in [5, 5.41) is 14.4. The molecule has 0 spiro atoms. The summed E-state index contributed by atoms with van der Waals surface area (Å²) in [6.45, 7) is 5.62. The Morgan fingerprint density at radius 1 is 1.00 bits per heavy atom. The first kappa shape index (κ1) is 27.5. The largest absolute Gasteiger partial charge is 0.390 e. The number of fused-ring (bicyclic) bond motifs is 1. The van der Waals surface area contributed by atoms with Gasteiger partial charge in [0.25, 0.3) is 0 Å². The average Bonchev–Trinajstić information content (AvgIpc) is 3.53. The van der Waals surface area contributed by atoms with Crippen LogP contribution < -0.4 is 4.72 Å². The number of nitrogens with one attached hydrogen (secondary N) is 1. The topological polar surface area (TPSA) is 102 Å². The molecule has 0 saturated heterocycles. The number of rotatable bonds is 9. The van der Waals surface area contributed by atoms with Crippen LogP contribution in [0.4, 0.5) is 14.5 Å². The Labute approximate surface area is 231 Å². The minimum atomic E-state index is -3.61. The molecule has 0 fully saturated rings. The second-order valence-electron chi connectivity index (χ2n) is 10.3. The van der Waals surface area contributed by atoms with E-state index in [9.17, 15) is 22.3 Å². The van der Waals surface area contributed by atoms with Gasteiger partial charge in [-0.05, 0) is 80.8 Å². The summed E-state index contributed by atoms with van der Waals surface area (Å²) in [7, 11) is -3.61. The number of anilines is 1. The van der Waals surface area contributed by atoms with Gasteiger partial charge in [-0.2, -0.15) is 5.10 Å². The van der Waals surface area contributed by atoms with E-state index in [1.165, 1.54) is 19.1 Å². The van der Waals surface area contributed by atoms with Gasteiger partial charge in [0.2, 0.25) is 10.0 Å². The first-order valence-electron chi connectivity index (χ1n) is 12.7. The maximum absolute atomic E-state index is 14.7. The van der Waals surface area contributed by atoms with Crippen molar-refractivity contribution in [2.45, 2.75) is 39.3 Å². The molecule has 11 heteroatoms. The van der Waals surface area contributed by atoms with Crippen LogP contribution in [0.15, 0.2) is 73.3 Å². The smallest absolute Gasteiger partial charge is 0.232 e. The highest BCUT2D eigenvalue weighted by Gasteiger charge is 2.16. The number of benzene rings is 3. The van der Waals surface area contributed by atoms with Crippen molar-refractivity contribution in [3.63, 3.8) is 0 Å². The van der Waals surface area contributed by atoms with Crippen LogP contribution in [0.3, 0.4) is 0 Å². The van der Waals surface area contributed by atoms with Crippen LogP contribution in [0.2, 0.25) is 0 Å². The van der Waals surface area contributed by atoms with Crippen molar-refractivity contribution in [2.24, 2.45) is 0 Å². The molecule has 0 radical (unpaired) electrons. The Kier molecular flexibility index (Phi) is 7.19. The maximum Gasteiger partial charge on any atom is 0.232 e. The molecule has 208 valence electrons. The lowest BCUT2D eigenvalue weighted by Crippen LogP contribution is -2.21. The normalized spacial score (nSPS) is 12.2. The van der Waals surface area contributed by atoms with Gasteiger partial charge in [0.1, 0.15) is 18.0 Å². The lowest BCUT2D eigenvalue weighted by molar-refractivity contribution is 0.0651. The fourth-order valence-corrected chi connectivity index (χ4v) is 4.98. The van der Waals surface area contributed by atoms with Crippen LogP contribution in [0.1, 0.15) is 27.2 Å². The molecule has 0 amide bonds. The number of nitrogens with zero attached hydrogens (tertiary/aromatic N) is 4. The average molecular weight is 566 g/mol. The van der Waals surface area contributed by atoms with Crippen molar-refractivity contribution in [3.05, 3.63) is 85.0 Å². The molecule has 0 saturated carbocycles. The van der Waals surface area contributed by atoms with Crippen molar-refractivity contribution in [1.82, 2.24) is 19.3 Å². The molecular weight excluding hydrogens is 536 g/mol.